The van der Waals surface area contributed by atoms with Gasteiger partial charge in [-0.25, -0.2) is 4.98 Å². The van der Waals surface area contributed by atoms with E-state index in [2.05, 4.69) is 30.6 Å². The first-order valence-corrected chi connectivity index (χ1v) is 10.6. The lowest BCUT2D eigenvalue weighted by Gasteiger charge is -1.98. The van der Waals surface area contributed by atoms with E-state index in [0.717, 1.165) is 11.1 Å². The highest BCUT2D eigenvalue weighted by Gasteiger charge is 2.14. The summed E-state index contributed by atoms with van der Waals surface area (Å²) in [7, 11) is 0. The Morgan fingerprint density at radius 2 is 2.17 bits per heavy atom. The largest absolute Gasteiger partial charge is 0.411 e. The number of nitrogens with one attached hydrogen (secondary N) is 1. The van der Waals surface area contributed by atoms with E-state index in [1.54, 1.807) is 11.6 Å². The Morgan fingerprint density at radius 3 is 3.00 bits per heavy atom. The number of rotatable bonds is 8. The standard InChI is InChI=1S/C18H16N6O3S2/c1-11-4-2-3-5-12(11)16-22-23-18(26-16)29-10-13-20-15(27-24-13)7-6-14(25)21-17-19-8-9-28-17/h2-5,8-9H,6-7,10H2,1H3,(H,19,21,25). The van der Waals surface area contributed by atoms with Crippen LogP contribution in [-0.2, 0) is 17.0 Å². The maximum absolute atomic E-state index is 11.9. The van der Waals surface area contributed by atoms with Crippen molar-refractivity contribution >= 4 is 34.1 Å². The first-order chi connectivity index (χ1) is 14.2. The highest BCUT2D eigenvalue weighted by atomic mass is 32.2. The smallest absolute Gasteiger partial charge is 0.277 e. The van der Waals surface area contributed by atoms with Crippen molar-refractivity contribution in [2.45, 2.75) is 30.7 Å². The maximum Gasteiger partial charge on any atom is 0.277 e. The predicted octanol–water partition coefficient (Wildman–Crippen LogP) is 3.75. The van der Waals surface area contributed by atoms with E-state index in [4.69, 9.17) is 8.94 Å². The number of amides is 1. The molecule has 1 amide bonds. The molecule has 1 aromatic carbocycles. The Morgan fingerprint density at radius 1 is 1.28 bits per heavy atom. The monoisotopic (exact) mass is 428 g/mol. The minimum atomic E-state index is -0.149. The van der Waals surface area contributed by atoms with E-state index in [1.807, 2.05) is 31.2 Å². The minimum Gasteiger partial charge on any atom is -0.411 e. The zero-order valence-electron chi connectivity index (χ0n) is 15.4. The summed E-state index contributed by atoms with van der Waals surface area (Å²) >= 11 is 2.69. The van der Waals surface area contributed by atoms with Gasteiger partial charge in [0.1, 0.15) is 0 Å². The van der Waals surface area contributed by atoms with Crippen LogP contribution < -0.4 is 5.32 Å². The van der Waals surface area contributed by atoms with Crippen LogP contribution in [0.25, 0.3) is 11.5 Å². The summed E-state index contributed by atoms with van der Waals surface area (Å²) in [5.41, 5.74) is 1.97. The Balaban J connectivity index is 1.27. The highest BCUT2D eigenvalue weighted by molar-refractivity contribution is 7.98. The molecule has 0 radical (unpaired) electrons. The third-order valence-corrected chi connectivity index (χ3v) is 5.36. The van der Waals surface area contributed by atoms with Gasteiger partial charge in [0.05, 0.1) is 5.75 Å². The zero-order valence-corrected chi connectivity index (χ0v) is 17.0. The summed E-state index contributed by atoms with van der Waals surface area (Å²) in [6, 6.07) is 7.82. The number of thiazole rings is 1. The topological polar surface area (TPSA) is 120 Å². The van der Waals surface area contributed by atoms with E-state index < -0.39 is 0 Å². The number of aryl methyl sites for hydroxylation is 2. The van der Waals surface area contributed by atoms with E-state index in [1.165, 1.54) is 23.1 Å². The number of nitrogens with zero attached hydrogens (tertiary/aromatic N) is 5. The Kier molecular flexibility index (Phi) is 5.96. The second-order valence-electron chi connectivity index (χ2n) is 5.97. The van der Waals surface area contributed by atoms with Crippen molar-refractivity contribution in [3.8, 4) is 11.5 Å². The van der Waals surface area contributed by atoms with Crippen LogP contribution in [-0.4, -0.2) is 31.2 Å². The van der Waals surface area contributed by atoms with Gasteiger partial charge in [-0.2, -0.15) is 4.98 Å². The molecule has 0 fully saturated rings. The average Bonchev–Trinajstić information content (AvgIpc) is 3.47. The molecular formula is C18H16N6O3S2. The number of carbonyl (C=O) groups excluding carboxylic acids is 1. The quantitative estimate of drug-likeness (QED) is 0.418. The van der Waals surface area contributed by atoms with Crippen LogP contribution >= 0.6 is 23.1 Å². The van der Waals surface area contributed by atoms with Gasteiger partial charge in [0, 0.05) is 30.0 Å². The van der Waals surface area contributed by atoms with Crippen LogP contribution in [0.3, 0.4) is 0 Å². The molecule has 4 aromatic rings. The first kappa shape index (κ1) is 19.3. The third kappa shape index (κ3) is 5.06. The van der Waals surface area contributed by atoms with Gasteiger partial charge in [-0.3, -0.25) is 4.79 Å². The van der Waals surface area contributed by atoms with Crippen LogP contribution in [0.5, 0.6) is 0 Å². The maximum atomic E-state index is 11.9. The Bertz CT molecular complexity index is 1090. The summed E-state index contributed by atoms with van der Waals surface area (Å²) in [4.78, 5) is 20.2. The van der Waals surface area contributed by atoms with Crippen LogP contribution in [0.15, 0.2) is 50.0 Å². The van der Waals surface area contributed by atoms with Crippen LogP contribution in [0.2, 0.25) is 0 Å². The summed E-state index contributed by atoms with van der Waals surface area (Å²) < 4.78 is 10.9. The van der Waals surface area contributed by atoms with Gasteiger partial charge in [0.15, 0.2) is 11.0 Å². The molecule has 1 N–H and O–H groups in total. The molecule has 0 atom stereocenters. The summed E-state index contributed by atoms with van der Waals surface area (Å²) in [6.07, 6.45) is 2.22. The number of hydrogen-bond donors (Lipinski definition) is 1. The lowest BCUT2D eigenvalue weighted by molar-refractivity contribution is -0.116. The summed E-state index contributed by atoms with van der Waals surface area (Å²) in [6.45, 7) is 1.99. The zero-order chi connectivity index (χ0) is 20.1. The van der Waals surface area contributed by atoms with Gasteiger partial charge in [-0.15, -0.1) is 21.5 Å². The molecule has 0 unspecified atom stereocenters. The number of thioether (sulfide) groups is 1. The highest BCUT2D eigenvalue weighted by Crippen LogP contribution is 2.26. The molecule has 3 aromatic heterocycles. The fraction of sp³-hybridized carbons (Fsp3) is 0.222. The molecule has 148 valence electrons. The molecule has 9 nitrogen and oxygen atoms in total. The molecule has 0 saturated heterocycles. The molecule has 0 aliphatic carbocycles. The van der Waals surface area contributed by atoms with Crippen molar-refractivity contribution in [3.63, 3.8) is 0 Å². The molecule has 11 heteroatoms. The van der Waals surface area contributed by atoms with Gasteiger partial charge >= 0.3 is 0 Å². The molecule has 29 heavy (non-hydrogen) atoms. The van der Waals surface area contributed by atoms with Crippen molar-refractivity contribution in [2.75, 3.05) is 5.32 Å². The average molecular weight is 428 g/mol. The number of aromatic nitrogens is 5. The van der Waals surface area contributed by atoms with E-state index >= 15 is 0 Å². The second kappa shape index (κ2) is 8.97. The summed E-state index contributed by atoms with van der Waals surface area (Å²) in [5.74, 6) is 1.65. The second-order valence-corrected chi connectivity index (χ2v) is 7.79. The van der Waals surface area contributed by atoms with Crippen molar-refractivity contribution in [1.29, 1.82) is 0 Å². The molecule has 0 bridgehead atoms. The molecule has 4 rings (SSSR count). The first-order valence-electron chi connectivity index (χ1n) is 8.70. The van der Waals surface area contributed by atoms with Crippen molar-refractivity contribution in [3.05, 3.63) is 53.1 Å². The Labute approximate surface area is 174 Å². The number of hydrogen-bond acceptors (Lipinski definition) is 10. The number of carbonyl (C=O) groups is 1. The molecule has 3 heterocycles. The van der Waals surface area contributed by atoms with Gasteiger partial charge in [-0.05, 0) is 18.6 Å². The molecule has 0 aliphatic heterocycles. The van der Waals surface area contributed by atoms with Crippen LogP contribution in [0.1, 0.15) is 23.7 Å². The van der Waals surface area contributed by atoms with Crippen molar-refractivity contribution < 1.29 is 13.7 Å². The molecule has 0 spiro atoms. The molecule has 0 aliphatic rings. The fourth-order valence-electron chi connectivity index (χ4n) is 2.45. The SMILES string of the molecule is Cc1ccccc1-c1nnc(SCc2noc(CCC(=O)Nc3nccs3)n2)o1. The van der Waals surface area contributed by atoms with E-state index in [0.29, 0.717) is 40.1 Å². The van der Waals surface area contributed by atoms with Gasteiger partial charge in [-0.1, -0.05) is 35.1 Å². The van der Waals surface area contributed by atoms with E-state index in [-0.39, 0.29) is 12.3 Å². The number of anilines is 1. The lowest BCUT2D eigenvalue weighted by atomic mass is 10.1. The van der Waals surface area contributed by atoms with Crippen LogP contribution in [0, 0.1) is 6.92 Å². The van der Waals surface area contributed by atoms with Gasteiger partial charge in [0.2, 0.25) is 17.7 Å². The fourth-order valence-corrected chi connectivity index (χ4v) is 3.61. The number of benzene rings is 1. The van der Waals surface area contributed by atoms with E-state index in [9.17, 15) is 4.79 Å². The molecular weight excluding hydrogens is 412 g/mol. The van der Waals surface area contributed by atoms with Crippen molar-refractivity contribution in [1.82, 2.24) is 25.3 Å². The normalized spacial score (nSPS) is 10.9. The van der Waals surface area contributed by atoms with Crippen molar-refractivity contribution in [2.24, 2.45) is 0 Å². The summed E-state index contributed by atoms with van der Waals surface area (Å²) in [5, 5.41) is 17.6. The van der Waals surface area contributed by atoms with Gasteiger partial charge < -0.3 is 14.3 Å². The lowest BCUT2D eigenvalue weighted by Crippen LogP contribution is -2.12. The Hall–Kier alpha value is -3.05. The van der Waals surface area contributed by atoms with Gasteiger partial charge in [0.25, 0.3) is 5.22 Å². The minimum absolute atomic E-state index is 0.149. The molecule has 0 saturated carbocycles. The van der Waals surface area contributed by atoms with Crippen LogP contribution in [0.4, 0.5) is 5.13 Å². The third-order valence-electron chi connectivity index (χ3n) is 3.86. The predicted molar refractivity (Wildman–Crippen MR) is 107 cm³/mol.